The van der Waals surface area contributed by atoms with Gasteiger partial charge in [-0.2, -0.15) is 0 Å². The van der Waals surface area contributed by atoms with Gasteiger partial charge < -0.3 is 0 Å². The predicted molar refractivity (Wildman–Crippen MR) is 138 cm³/mol. The van der Waals surface area contributed by atoms with Crippen LogP contribution in [0.1, 0.15) is 0 Å². The SMILES string of the molecule is c1ccc(N(c2ccccn2)c2ccc3c4c(c5ccccc5cc24)-c2ccccc2-3)cc1. The van der Waals surface area contributed by atoms with Gasteiger partial charge in [-0.3, -0.25) is 4.90 Å². The quantitative estimate of drug-likeness (QED) is 0.266. The number of anilines is 3. The van der Waals surface area contributed by atoms with Gasteiger partial charge in [0.1, 0.15) is 5.82 Å². The average molecular weight is 421 g/mol. The van der Waals surface area contributed by atoms with Crippen molar-refractivity contribution in [3.63, 3.8) is 0 Å². The maximum atomic E-state index is 4.73. The topological polar surface area (TPSA) is 16.1 Å². The number of para-hydroxylation sites is 1. The van der Waals surface area contributed by atoms with Crippen molar-refractivity contribution in [1.29, 1.82) is 0 Å². The first-order valence-corrected chi connectivity index (χ1v) is 11.2. The minimum atomic E-state index is 0.907. The Morgan fingerprint density at radius 1 is 0.545 bits per heavy atom. The number of hydrogen-bond donors (Lipinski definition) is 0. The zero-order chi connectivity index (χ0) is 21.8. The molecule has 5 aromatic carbocycles. The molecule has 0 bridgehead atoms. The molecule has 0 unspecified atom stereocenters. The molecule has 7 rings (SSSR count). The predicted octanol–water partition coefficient (Wildman–Crippen LogP) is 8.51. The van der Waals surface area contributed by atoms with E-state index in [0.717, 1.165) is 17.2 Å². The first-order valence-electron chi connectivity index (χ1n) is 11.2. The van der Waals surface area contributed by atoms with Crippen molar-refractivity contribution >= 4 is 38.7 Å². The van der Waals surface area contributed by atoms with Crippen molar-refractivity contribution in [3.8, 4) is 22.3 Å². The number of hydrogen-bond acceptors (Lipinski definition) is 2. The van der Waals surface area contributed by atoms with E-state index >= 15 is 0 Å². The Labute approximate surface area is 192 Å². The molecule has 0 spiro atoms. The summed E-state index contributed by atoms with van der Waals surface area (Å²) in [7, 11) is 0. The fourth-order valence-corrected chi connectivity index (χ4v) is 5.26. The summed E-state index contributed by atoms with van der Waals surface area (Å²) in [4.78, 5) is 6.99. The summed E-state index contributed by atoms with van der Waals surface area (Å²) in [6.07, 6.45) is 1.86. The molecule has 6 aromatic rings. The molecule has 2 nitrogen and oxygen atoms in total. The van der Waals surface area contributed by atoms with E-state index in [2.05, 4.69) is 108 Å². The van der Waals surface area contributed by atoms with Crippen molar-refractivity contribution in [2.45, 2.75) is 0 Å². The smallest absolute Gasteiger partial charge is 0.137 e. The molecule has 0 radical (unpaired) electrons. The van der Waals surface area contributed by atoms with Crippen LogP contribution in [-0.2, 0) is 0 Å². The van der Waals surface area contributed by atoms with Gasteiger partial charge >= 0.3 is 0 Å². The van der Waals surface area contributed by atoms with Gasteiger partial charge in [-0.05, 0) is 69.4 Å². The van der Waals surface area contributed by atoms with Crippen LogP contribution < -0.4 is 4.90 Å². The second-order valence-corrected chi connectivity index (χ2v) is 8.43. The molecule has 154 valence electrons. The summed E-state index contributed by atoms with van der Waals surface area (Å²) in [6, 6.07) is 41.0. The lowest BCUT2D eigenvalue weighted by Gasteiger charge is -2.26. The van der Waals surface area contributed by atoms with Crippen LogP contribution in [-0.4, -0.2) is 4.98 Å². The summed E-state index contributed by atoms with van der Waals surface area (Å²) in [5.41, 5.74) is 7.50. The monoisotopic (exact) mass is 420 g/mol. The third-order valence-electron chi connectivity index (χ3n) is 6.62. The highest BCUT2D eigenvalue weighted by Crippen LogP contribution is 2.53. The maximum absolute atomic E-state index is 4.73. The van der Waals surface area contributed by atoms with Gasteiger partial charge in [-0.25, -0.2) is 4.98 Å². The van der Waals surface area contributed by atoms with Gasteiger partial charge in [0.05, 0.1) is 5.69 Å². The van der Waals surface area contributed by atoms with Gasteiger partial charge in [0.25, 0.3) is 0 Å². The van der Waals surface area contributed by atoms with Gasteiger partial charge in [0.15, 0.2) is 0 Å². The highest BCUT2D eigenvalue weighted by molar-refractivity contribution is 6.26. The molecule has 0 atom stereocenters. The Bertz CT molecular complexity index is 1610. The molecule has 0 fully saturated rings. The lowest BCUT2D eigenvalue weighted by Crippen LogP contribution is -2.11. The van der Waals surface area contributed by atoms with Crippen molar-refractivity contribution < 1.29 is 0 Å². The fraction of sp³-hybridized carbons (Fsp3) is 0. The summed E-state index contributed by atoms with van der Waals surface area (Å²) >= 11 is 0. The molecule has 1 aromatic heterocycles. The van der Waals surface area contributed by atoms with Gasteiger partial charge in [0.2, 0.25) is 0 Å². The van der Waals surface area contributed by atoms with E-state index in [4.69, 9.17) is 4.98 Å². The van der Waals surface area contributed by atoms with Crippen molar-refractivity contribution in [3.05, 3.63) is 121 Å². The van der Waals surface area contributed by atoms with Gasteiger partial charge in [0, 0.05) is 22.7 Å². The zero-order valence-corrected chi connectivity index (χ0v) is 17.9. The molecular formula is C31H20N2. The van der Waals surface area contributed by atoms with E-state index in [0.29, 0.717) is 0 Å². The number of nitrogens with zero attached hydrogens (tertiary/aromatic N) is 2. The van der Waals surface area contributed by atoms with E-state index in [-0.39, 0.29) is 0 Å². The molecule has 2 heteroatoms. The molecule has 1 aliphatic rings. The zero-order valence-electron chi connectivity index (χ0n) is 17.9. The Morgan fingerprint density at radius 3 is 2.15 bits per heavy atom. The van der Waals surface area contributed by atoms with Crippen LogP contribution in [0.15, 0.2) is 121 Å². The maximum Gasteiger partial charge on any atom is 0.137 e. The largest absolute Gasteiger partial charge is 0.294 e. The number of fused-ring (bicyclic) bond motifs is 5. The van der Waals surface area contributed by atoms with E-state index in [1.54, 1.807) is 0 Å². The summed E-state index contributed by atoms with van der Waals surface area (Å²) in [5.74, 6) is 0.907. The molecule has 33 heavy (non-hydrogen) atoms. The molecule has 0 saturated carbocycles. The minimum Gasteiger partial charge on any atom is -0.294 e. The lowest BCUT2D eigenvalue weighted by atomic mass is 9.94. The van der Waals surface area contributed by atoms with Crippen molar-refractivity contribution in [2.24, 2.45) is 0 Å². The molecular weight excluding hydrogens is 400 g/mol. The van der Waals surface area contributed by atoms with E-state index in [1.165, 1.54) is 43.8 Å². The molecule has 0 amide bonds. The van der Waals surface area contributed by atoms with E-state index in [1.807, 2.05) is 18.3 Å². The Kier molecular flexibility index (Phi) is 3.88. The fourth-order valence-electron chi connectivity index (χ4n) is 5.26. The van der Waals surface area contributed by atoms with Crippen LogP contribution in [0, 0.1) is 0 Å². The van der Waals surface area contributed by atoms with Crippen LogP contribution in [0.25, 0.3) is 43.8 Å². The second kappa shape index (κ2) is 7.04. The van der Waals surface area contributed by atoms with E-state index < -0.39 is 0 Å². The van der Waals surface area contributed by atoms with Gasteiger partial charge in [-0.1, -0.05) is 78.9 Å². The number of benzene rings is 5. The van der Waals surface area contributed by atoms with Crippen LogP contribution in [0.4, 0.5) is 17.2 Å². The Hall–Kier alpha value is -4.43. The number of pyridine rings is 1. The first-order chi connectivity index (χ1) is 16.4. The molecule has 1 heterocycles. The molecule has 1 aliphatic carbocycles. The summed E-state index contributed by atoms with van der Waals surface area (Å²) in [5, 5.41) is 5.12. The Morgan fingerprint density at radius 2 is 1.30 bits per heavy atom. The van der Waals surface area contributed by atoms with Gasteiger partial charge in [-0.15, -0.1) is 0 Å². The molecule has 0 saturated heterocycles. The van der Waals surface area contributed by atoms with Crippen LogP contribution in [0.5, 0.6) is 0 Å². The standard InChI is InChI=1S/C31H20N2/c1-2-11-22(12-3-1)33(29-16-8-9-19-32-29)28-18-17-26-24-14-6-7-15-25(24)30-23-13-5-4-10-21(23)20-27(28)31(26)30/h1-20H. The first kappa shape index (κ1) is 18.2. The average Bonchev–Trinajstić information content (AvgIpc) is 3.23. The molecule has 0 N–H and O–H groups in total. The van der Waals surface area contributed by atoms with Crippen LogP contribution >= 0.6 is 0 Å². The minimum absolute atomic E-state index is 0.907. The van der Waals surface area contributed by atoms with E-state index in [9.17, 15) is 0 Å². The van der Waals surface area contributed by atoms with Crippen molar-refractivity contribution in [2.75, 3.05) is 4.90 Å². The third kappa shape index (κ3) is 2.64. The number of aromatic nitrogens is 1. The highest BCUT2D eigenvalue weighted by atomic mass is 15.2. The second-order valence-electron chi connectivity index (χ2n) is 8.43. The summed E-state index contributed by atoms with van der Waals surface area (Å²) < 4.78 is 0. The third-order valence-corrected chi connectivity index (χ3v) is 6.62. The van der Waals surface area contributed by atoms with Crippen LogP contribution in [0.3, 0.4) is 0 Å². The summed E-state index contributed by atoms with van der Waals surface area (Å²) in [6.45, 7) is 0. The number of rotatable bonds is 3. The lowest BCUT2D eigenvalue weighted by molar-refractivity contribution is 1.19. The Balaban J connectivity index is 1.63. The normalized spacial score (nSPS) is 11.6. The highest BCUT2D eigenvalue weighted by Gasteiger charge is 2.26. The van der Waals surface area contributed by atoms with Crippen LogP contribution in [0.2, 0.25) is 0 Å². The molecule has 0 aliphatic heterocycles. The van der Waals surface area contributed by atoms with Crippen molar-refractivity contribution in [1.82, 2.24) is 4.98 Å².